The van der Waals surface area contributed by atoms with Crippen LogP contribution in [0.25, 0.3) is 0 Å². The molecule has 0 saturated heterocycles. The first-order valence-corrected chi connectivity index (χ1v) is 42.6. The van der Waals surface area contributed by atoms with Crippen molar-refractivity contribution in [2.75, 3.05) is 39.6 Å². The summed E-state index contributed by atoms with van der Waals surface area (Å²) in [5.74, 6) is -1.39. The standard InChI is InChI=1S/C76H148O17P2/c1-6-9-12-15-17-19-21-23-25-27-28-29-30-32-34-36-38-42-46-51-56-61-75(80)93-72(66-87-74(79)60-55-50-45-41-37-35-33-31-26-24-22-20-18-16-13-10-7-2)68-91-95(84,85)89-64-70(77)63-88-94(82,83)90-67-71(65-86-73(78)59-54-48-14-11-8-3)92-76(81)62-57-52-47-43-39-40-44-49-53-58-69(4)5/h69-72,77H,6-68H2,1-5H3,(H,82,83)(H,84,85)/t70-,71+,72+/m0/s1. The molecule has 2 unspecified atom stereocenters. The molecule has 0 aliphatic rings. The number of hydrogen-bond donors (Lipinski definition) is 3. The van der Waals surface area contributed by atoms with E-state index in [0.29, 0.717) is 25.7 Å². The Kier molecular flexibility index (Phi) is 67.7. The van der Waals surface area contributed by atoms with E-state index in [9.17, 15) is 43.2 Å². The maximum absolute atomic E-state index is 13.1. The van der Waals surface area contributed by atoms with Gasteiger partial charge < -0.3 is 33.8 Å². The smallest absolute Gasteiger partial charge is 0.462 e. The van der Waals surface area contributed by atoms with Crippen LogP contribution in [0.3, 0.4) is 0 Å². The molecule has 19 heteroatoms. The molecule has 0 heterocycles. The highest BCUT2D eigenvalue weighted by Gasteiger charge is 2.30. The minimum absolute atomic E-state index is 0.105. The summed E-state index contributed by atoms with van der Waals surface area (Å²) in [7, 11) is -9.90. The quantitative estimate of drug-likeness (QED) is 0.0222. The van der Waals surface area contributed by atoms with E-state index < -0.39 is 97.5 Å². The average Bonchev–Trinajstić information content (AvgIpc) is 1.96. The summed E-state index contributed by atoms with van der Waals surface area (Å²) in [6.07, 6.45) is 58.9. The van der Waals surface area contributed by atoms with Crippen LogP contribution < -0.4 is 0 Å². The van der Waals surface area contributed by atoms with E-state index in [-0.39, 0.29) is 25.7 Å². The zero-order valence-corrected chi connectivity index (χ0v) is 63.6. The summed E-state index contributed by atoms with van der Waals surface area (Å²) in [5, 5.41) is 10.6. The molecule has 95 heavy (non-hydrogen) atoms. The molecule has 0 radical (unpaired) electrons. The number of carbonyl (C=O) groups excluding carboxylic acids is 4. The van der Waals surface area contributed by atoms with Gasteiger partial charge in [-0.1, -0.05) is 349 Å². The van der Waals surface area contributed by atoms with Crippen molar-refractivity contribution in [3.05, 3.63) is 0 Å². The number of aliphatic hydroxyl groups excluding tert-OH is 1. The Morgan fingerprint density at radius 3 is 0.716 bits per heavy atom. The van der Waals surface area contributed by atoms with E-state index in [1.54, 1.807) is 0 Å². The van der Waals surface area contributed by atoms with Crippen molar-refractivity contribution >= 4 is 39.5 Å². The molecule has 0 aromatic heterocycles. The monoisotopic (exact) mass is 1400 g/mol. The number of rotatable bonds is 76. The van der Waals surface area contributed by atoms with Gasteiger partial charge in [0.1, 0.15) is 19.3 Å². The van der Waals surface area contributed by atoms with Crippen LogP contribution in [0.2, 0.25) is 0 Å². The molecule has 0 aromatic carbocycles. The zero-order chi connectivity index (χ0) is 69.8. The number of phosphoric ester groups is 2. The van der Waals surface area contributed by atoms with Crippen LogP contribution in [-0.4, -0.2) is 96.7 Å². The third-order valence-electron chi connectivity index (χ3n) is 17.8. The number of carbonyl (C=O) groups is 4. The Balaban J connectivity index is 5.12. The molecule has 17 nitrogen and oxygen atoms in total. The minimum atomic E-state index is -4.95. The van der Waals surface area contributed by atoms with Crippen LogP contribution >= 0.6 is 15.6 Å². The van der Waals surface area contributed by atoms with Crippen LogP contribution in [0.4, 0.5) is 0 Å². The molecule has 564 valence electrons. The first kappa shape index (κ1) is 93.1. The first-order valence-electron chi connectivity index (χ1n) is 39.6. The Morgan fingerprint density at radius 1 is 0.284 bits per heavy atom. The summed E-state index contributed by atoms with van der Waals surface area (Å²) >= 11 is 0. The lowest BCUT2D eigenvalue weighted by Gasteiger charge is -2.21. The molecule has 0 amide bonds. The zero-order valence-electron chi connectivity index (χ0n) is 61.8. The lowest BCUT2D eigenvalue weighted by Crippen LogP contribution is -2.30. The molecule has 0 aliphatic heterocycles. The fourth-order valence-electron chi connectivity index (χ4n) is 11.7. The molecule has 0 aliphatic carbocycles. The van der Waals surface area contributed by atoms with E-state index in [2.05, 4.69) is 34.6 Å². The van der Waals surface area contributed by atoms with Gasteiger partial charge in [-0.25, -0.2) is 9.13 Å². The van der Waals surface area contributed by atoms with Crippen LogP contribution in [-0.2, 0) is 65.4 Å². The summed E-state index contributed by atoms with van der Waals surface area (Å²) in [6, 6.07) is 0. The lowest BCUT2D eigenvalue weighted by molar-refractivity contribution is -0.161. The highest BCUT2D eigenvalue weighted by Crippen LogP contribution is 2.45. The molecule has 0 aromatic rings. The highest BCUT2D eigenvalue weighted by molar-refractivity contribution is 7.47. The second kappa shape index (κ2) is 69.2. The predicted octanol–water partition coefficient (Wildman–Crippen LogP) is 22.5. The summed E-state index contributed by atoms with van der Waals surface area (Å²) in [4.78, 5) is 72.5. The van der Waals surface area contributed by atoms with E-state index in [4.69, 9.17) is 37.0 Å². The summed E-state index contributed by atoms with van der Waals surface area (Å²) < 4.78 is 68.3. The maximum atomic E-state index is 13.1. The van der Waals surface area contributed by atoms with Crippen molar-refractivity contribution in [2.24, 2.45) is 5.92 Å². The van der Waals surface area contributed by atoms with E-state index in [1.165, 1.54) is 218 Å². The van der Waals surface area contributed by atoms with Gasteiger partial charge in [-0.05, 0) is 31.6 Å². The molecule has 3 N–H and O–H groups in total. The largest absolute Gasteiger partial charge is 0.472 e. The number of ether oxygens (including phenoxy) is 4. The Hall–Kier alpha value is -1.94. The van der Waals surface area contributed by atoms with Crippen molar-refractivity contribution in [1.29, 1.82) is 0 Å². The molecule has 0 fully saturated rings. The second-order valence-corrected chi connectivity index (χ2v) is 30.8. The topological polar surface area (TPSA) is 237 Å². The second-order valence-electron chi connectivity index (χ2n) is 27.9. The Bertz CT molecular complexity index is 1820. The van der Waals surface area contributed by atoms with Crippen LogP contribution in [0.5, 0.6) is 0 Å². The molecular formula is C76H148O17P2. The summed E-state index contributed by atoms with van der Waals surface area (Å²) in [6.45, 7) is 7.17. The van der Waals surface area contributed by atoms with E-state index >= 15 is 0 Å². The van der Waals surface area contributed by atoms with Crippen molar-refractivity contribution in [1.82, 2.24) is 0 Å². The molecule has 0 saturated carbocycles. The highest BCUT2D eigenvalue weighted by atomic mass is 31.2. The van der Waals surface area contributed by atoms with Crippen LogP contribution in [0.1, 0.15) is 401 Å². The minimum Gasteiger partial charge on any atom is -0.462 e. The number of esters is 4. The molecule has 0 rings (SSSR count). The van der Waals surface area contributed by atoms with Gasteiger partial charge in [0.05, 0.1) is 26.4 Å². The van der Waals surface area contributed by atoms with E-state index in [0.717, 1.165) is 102 Å². The third kappa shape index (κ3) is 70.3. The molecular weight excluding hydrogens is 1250 g/mol. The fraction of sp³-hybridized carbons (Fsp3) is 0.947. The predicted molar refractivity (Wildman–Crippen MR) is 386 cm³/mol. The molecule has 0 spiro atoms. The van der Waals surface area contributed by atoms with Gasteiger partial charge in [0.2, 0.25) is 0 Å². The lowest BCUT2D eigenvalue weighted by atomic mass is 10.0. The van der Waals surface area contributed by atoms with Crippen molar-refractivity contribution in [2.45, 2.75) is 419 Å². The van der Waals surface area contributed by atoms with Crippen molar-refractivity contribution in [3.63, 3.8) is 0 Å². The fourth-order valence-corrected chi connectivity index (χ4v) is 13.3. The van der Waals surface area contributed by atoms with E-state index in [1.807, 2.05) is 0 Å². The van der Waals surface area contributed by atoms with Gasteiger partial charge in [-0.15, -0.1) is 0 Å². The van der Waals surface area contributed by atoms with Gasteiger partial charge in [0.25, 0.3) is 0 Å². The van der Waals surface area contributed by atoms with Gasteiger partial charge in [-0.3, -0.25) is 37.3 Å². The van der Waals surface area contributed by atoms with Gasteiger partial charge in [0.15, 0.2) is 12.2 Å². The molecule has 5 atom stereocenters. The third-order valence-corrected chi connectivity index (χ3v) is 19.7. The van der Waals surface area contributed by atoms with Crippen LogP contribution in [0, 0.1) is 5.92 Å². The average molecular weight is 1400 g/mol. The summed E-state index contributed by atoms with van der Waals surface area (Å²) in [5.41, 5.74) is 0. The molecule has 0 bridgehead atoms. The number of aliphatic hydroxyl groups is 1. The maximum Gasteiger partial charge on any atom is 0.472 e. The van der Waals surface area contributed by atoms with Crippen LogP contribution in [0.15, 0.2) is 0 Å². The number of unbranched alkanes of at least 4 members (excludes halogenated alkanes) is 48. The Labute approximate surface area is 581 Å². The van der Waals surface area contributed by atoms with Gasteiger partial charge in [0, 0.05) is 25.7 Å². The van der Waals surface area contributed by atoms with Gasteiger partial charge in [-0.2, -0.15) is 0 Å². The number of hydrogen-bond acceptors (Lipinski definition) is 15. The first-order chi connectivity index (χ1) is 46.0. The van der Waals surface area contributed by atoms with Crippen molar-refractivity contribution < 1.29 is 80.2 Å². The Morgan fingerprint density at radius 2 is 0.484 bits per heavy atom. The number of phosphoric acid groups is 2. The van der Waals surface area contributed by atoms with Crippen molar-refractivity contribution in [3.8, 4) is 0 Å². The normalized spacial score (nSPS) is 13.9. The SMILES string of the molecule is CCCCCCCCCCCCCCCCCCCCCCCC(=O)O[C@H](COC(=O)CCCCCCCCCCCCCCCCCCC)COP(=O)(O)OC[C@@H](O)COP(=O)(O)OC[C@@H](COC(=O)CCCCCCC)OC(=O)CCCCCCCCCCCC(C)C. The van der Waals surface area contributed by atoms with Gasteiger partial charge >= 0.3 is 39.5 Å².